The second-order valence-corrected chi connectivity index (χ2v) is 7.65. The fourth-order valence-corrected chi connectivity index (χ4v) is 3.17. The Morgan fingerprint density at radius 1 is 1.23 bits per heavy atom. The van der Waals surface area contributed by atoms with Gasteiger partial charge in [-0.2, -0.15) is 0 Å². The number of alkyl carbamates (subject to hydrolysis) is 1. The molecule has 3 rings (SSSR count). The molecule has 5 heteroatoms. The van der Waals surface area contributed by atoms with Crippen molar-refractivity contribution in [2.45, 2.75) is 52.7 Å². The molecule has 5 nitrogen and oxygen atoms in total. The summed E-state index contributed by atoms with van der Waals surface area (Å²) in [5.74, 6) is 0.954. The van der Waals surface area contributed by atoms with Crippen molar-refractivity contribution in [3.63, 3.8) is 0 Å². The van der Waals surface area contributed by atoms with Crippen molar-refractivity contribution in [2.24, 2.45) is 0 Å². The molecule has 1 aliphatic rings. The minimum Gasteiger partial charge on any atom is -0.444 e. The highest BCUT2D eigenvalue weighted by atomic mass is 16.6. The minimum absolute atomic E-state index is 0.407. The molecule has 0 atom stereocenters. The van der Waals surface area contributed by atoms with E-state index in [1.165, 1.54) is 11.3 Å². The van der Waals surface area contributed by atoms with Gasteiger partial charge in [-0.1, -0.05) is 24.3 Å². The van der Waals surface area contributed by atoms with Crippen molar-refractivity contribution in [1.29, 1.82) is 0 Å². The number of hydrogen-bond acceptors (Lipinski definition) is 4. The number of benzene rings is 1. The van der Waals surface area contributed by atoms with Crippen LogP contribution in [0.3, 0.4) is 0 Å². The Kier molecular flexibility index (Phi) is 5.16. The highest BCUT2D eigenvalue weighted by molar-refractivity contribution is 5.68. The van der Waals surface area contributed by atoms with Crippen LogP contribution in [0.4, 0.5) is 16.3 Å². The molecule has 1 aliphatic heterocycles. The van der Waals surface area contributed by atoms with Crippen molar-refractivity contribution >= 4 is 17.6 Å². The molecule has 0 spiro atoms. The molecule has 2 aromatic rings. The summed E-state index contributed by atoms with van der Waals surface area (Å²) >= 11 is 0. The first-order chi connectivity index (χ1) is 12.3. The van der Waals surface area contributed by atoms with Crippen LogP contribution in [0, 0.1) is 6.92 Å². The lowest BCUT2D eigenvalue weighted by molar-refractivity contribution is 0.0523. The number of fused-ring (bicyclic) bond motifs is 1. The minimum atomic E-state index is -0.497. The number of rotatable bonds is 3. The molecular formula is C21H27N3O2. The van der Waals surface area contributed by atoms with Crippen molar-refractivity contribution in [3.8, 4) is 0 Å². The Labute approximate surface area is 155 Å². The summed E-state index contributed by atoms with van der Waals surface area (Å²) in [7, 11) is 0. The van der Waals surface area contributed by atoms with E-state index >= 15 is 0 Å². The molecule has 0 saturated carbocycles. The average molecular weight is 353 g/mol. The van der Waals surface area contributed by atoms with Gasteiger partial charge in [0.05, 0.1) is 0 Å². The van der Waals surface area contributed by atoms with E-state index in [1.807, 2.05) is 39.8 Å². The van der Waals surface area contributed by atoms with Gasteiger partial charge in [0.2, 0.25) is 0 Å². The molecule has 2 heterocycles. The van der Waals surface area contributed by atoms with Crippen molar-refractivity contribution < 1.29 is 9.53 Å². The Balaban J connectivity index is 1.72. The number of carbonyl (C=O) groups excluding carboxylic acids is 1. The lowest BCUT2D eigenvalue weighted by Gasteiger charge is -2.30. The average Bonchev–Trinajstić information content (AvgIpc) is 2.58. The Morgan fingerprint density at radius 3 is 2.73 bits per heavy atom. The van der Waals surface area contributed by atoms with Gasteiger partial charge in [0, 0.05) is 24.5 Å². The zero-order valence-electron chi connectivity index (χ0n) is 16.0. The van der Waals surface area contributed by atoms with Gasteiger partial charge in [-0.05, 0) is 63.8 Å². The van der Waals surface area contributed by atoms with Crippen LogP contribution in [0.5, 0.6) is 0 Å². The summed E-state index contributed by atoms with van der Waals surface area (Å²) in [6, 6.07) is 12.6. The molecule has 1 amide bonds. The van der Waals surface area contributed by atoms with Crippen LogP contribution in [0.15, 0.2) is 36.4 Å². The number of para-hydroxylation sites is 1. The number of carbonyl (C=O) groups is 1. The number of anilines is 2. The Bertz CT molecular complexity index is 796. The number of aromatic nitrogens is 1. The van der Waals surface area contributed by atoms with E-state index in [2.05, 4.69) is 34.5 Å². The van der Waals surface area contributed by atoms with Gasteiger partial charge in [-0.15, -0.1) is 0 Å². The summed E-state index contributed by atoms with van der Waals surface area (Å²) in [5.41, 5.74) is 4.02. The van der Waals surface area contributed by atoms with Gasteiger partial charge in [0.25, 0.3) is 0 Å². The molecule has 1 aromatic carbocycles. The maximum absolute atomic E-state index is 11.8. The molecular weight excluding hydrogens is 326 g/mol. The predicted molar refractivity (Wildman–Crippen MR) is 104 cm³/mol. The zero-order chi connectivity index (χ0) is 18.7. The lowest BCUT2D eigenvalue weighted by Crippen LogP contribution is -2.32. The number of hydrogen-bond donors (Lipinski definition) is 1. The van der Waals surface area contributed by atoms with Gasteiger partial charge in [-0.25, -0.2) is 9.78 Å². The van der Waals surface area contributed by atoms with Crippen LogP contribution in [-0.4, -0.2) is 23.2 Å². The SMILES string of the molecule is Cc1nc(N2CCCc3ccccc32)ccc1CNC(=O)OC(C)(C)C. The van der Waals surface area contributed by atoms with Gasteiger partial charge >= 0.3 is 6.09 Å². The van der Waals surface area contributed by atoms with Crippen molar-refractivity contribution in [3.05, 3.63) is 53.2 Å². The van der Waals surface area contributed by atoms with E-state index in [9.17, 15) is 4.79 Å². The fourth-order valence-electron chi connectivity index (χ4n) is 3.17. The summed E-state index contributed by atoms with van der Waals surface area (Å²) in [4.78, 5) is 18.9. The number of amides is 1. The second-order valence-electron chi connectivity index (χ2n) is 7.65. The second kappa shape index (κ2) is 7.36. The van der Waals surface area contributed by atoms with E-state index in [4.69, 9.17) is 9.72 Å². The zero-order valence-corrected chi connectivity index (χ0v) is 16.0. The molecule has 1 aromatic heterocycles. The molecule has 26 heavy (non-hydrogen) atoms. The van der Waals surface area contributed by atoms with Crippen molar-refractivity contribution in [1.82, 2.24) is 10.3 Å². The number of nitrogens with one attached hydrogen (secondary N) is 1. The van der Waals surface area contributed by atoms with Gasteiger partial charge < -0.3 is 15.0 Å². The van der Waals surface area contributed by atoms with Gasteiger partial charge in [0.15, 0.2) is 0 Å². The van der Waals surface area contributed by atoms with E-state index in [0.29, 0.717) is 6.54 Å². The smallest absolute Gasteiger partial charge is 0.407 e. The molecule has 0 unspecified atom stereocenters. The molecule has 0 saturated heterocycles. The maximum Gasteiger partial charge on any atom is 0.407 e. The van der Waals surface area contributed by atoms with Crippen LogP contribution in [0.25, 0.3) is 0 Å². The number of nitrogens with zero attached hydrogens (tertiary/aromatic N) is 2. The monoisotopic (exact) mass is 353 g/mol. The molecule has 138 valence electrons. The van der Waals surface area contributed by atoms with E-state index in [0.717, 1.165) is 36.5 Å². The third-order valence-corrected chi connectivity index (χ3v) is 4.39. The summed E-state index contributed by atoms with van der Waals surface area (Å²) < 4.78 is 5.28. The first-order valence-corrected chi connectivity index (χ1v) is 9.12. The maximum atomic E-state index is 11.8. The topological polar surface area (TPSA) is 54.5 Å². The normalized spacial score (nSPS) is 13.9. The summed E-state index contributed by atoms with van der Waals surface area (Å²) in [6.45, 7) is 8.91. The number of aryl methyl sites for hydroxylation is 2. The first-order valence-electron chi connectivity index (χ1n) is 9.12. The van der Waals surface area contributed by atoms with E-state index in [1.54, 1.807) is 0 Å². The van der Waals surface area contributed by atoms with Crippen LogP contribution < -0.4 is 10.2 Å². The number of pyridine rings is 1. The van der Waals surface area contributed by atoms with Crippen LogP contribution in [-0.2, 0) is 17.7 Å². The lowest BCUT2D eigenvalue weighted by atomic mass is 10.0. The quantitative estimate of drug-likeness (QED) is 0.883. The van der Waals surface area contributed by atoms with E-state index < -0.39 is 11.7 Å². The number of ether oxygens (including phenoxy) is 1. The predicted octanol–water partition coefficient (Wildman–Crippen LogP) is 4.50. The summed E-state index contributed by atoms with van der Waals surface area (Å²) in [5, 5.41) is 2.80. The highest BCUT2D eigenvalue weighted by Crippen LogP contribution is 2.32. The fraction of sp³-hybridized carbons (Fsp3) is 0.429. The van der Waals surface area contributed by atoms with E-state index in [-0.39, 0.29) is 0 Å². The largest absolute Gasteiger partial charge is 0.444 e. The first kappa shape index (κ1) is 18.2. The van der Waals surface area contributed by atoms with Crippen LogP contribution in [0.1, 0.15) is 44.0 Å². The van der Waals surface area contributed by atoms with Crippen molar-refractivity contribution in [2.75, 3.05) is 11.4 Å². The van der Waals surface area contributed by atoms with Gasteiger partial charge in [0.1, 0.15) is 11.4 Å². The Hall–Kier alpha value is -2.56. The van der Waals surface area contributed by atoms with Gasteiger partial charge in [-0.3, -0.25) is 0 Å². The third-order valence-electron chi connectivity index (χ3n) is 4.39. The third kappa shape index (κ3) is 4.34. The molecule has 0 fully saturated rings. The molecule has 0 radical (unpaired) electrons. The molecule has 1 N–H and O–H groups in total. The molecule has 0 bridgehead atoms. The summed E-state index contributed by atoms with van der Waals surface area (Å²) in [6.07, 6.45) is 1.83. The Morgan fingerprint density at radius 2 is 2.00 bits per heavy atom. The standard InChI is InChI=1S/C21H27N3O2/c1-15-17(14-22-20(25)26-21(2,3)4)11-12-19(23-15)24-13-7-9-16-8-5-6-10-18(16)24/h5-6,8,10-12H,7,9,13-14H2,1-4H3,(H,22,25). The van der Waals surface area contributed by atoms with Crippen LogP contribution >= 0.6 is 0 Å². The molecule has 0 aliphatic carbocycles. The highest BCUT2D eigenvalue weighted by Gasteiger charge is 2.20. The van der Waals surface area contributed by atoms with Crippen LogP contribution in [0.2, 0.25) is 0 Å².